The molecule has 1 fully saturated rings. The predicted molar refractivity (Wildman–Crippen MR) is 88.9 cm³/mol. The van der Waals surface area contributed by atoms with E-state index < -0.39 is 0 Å². The van der Waals surface area contributed by atoms with Gasteiger partial charge in [-0.1, -0.05) is 41.5 Å². The summed E-state index contributed by atoms with van der Waals surface area (Å²) in [7, 11) is 0. The third-order valence-corrected chi connectivity index (χ3v) is 3.88. The van der Waals surface area contributed by atoms with E-state index >= 15 is 0 Å². The van der Waals surface area contributed by atoms with Crippen LogP contribution in [0.25, 0.3) is 0 Å². The van der Waals surface area contributed by atoms with Gasteiger partial charge < -0.3 is 16.0 Å². The summed E-state index contributed by atoms with van der Waals surface area (Å²) in [6, 6.07) is 0.627. The highest BCUT2D eigenvalue weighted by atomic mass is 15.2. The number of rotatable bonds is 5. The summed E-state index contributed by atoms with van der Waals surface area (Å²) in [5.74, 6) is 0.799. The third kappa shape index (κ3) is 7.61. The Kier molecular flexibility index (Phi) is 6.49. The van der Waals surface area contributed by atoms with Crippen molar-refractivity contribution in [3.05, 3.63) is 0 Å². The summed E-state index contributed by atoms with van der Waals surface area (Å²) < 4.78 is 0. The minimum Gasteiger partial charge on any atom is -0.329 e. The van der Waals surface area contributed by atoms with Crippen molar-refractivity contribution >= 4 is 0 Å². The van der Waals surface area contributed by atoms with Gasteiger partial charge in [0.1, 0.15) is 0 Å². The monoisotopic (exact) mass is 283 g/mol. The van der Waals surface area contributed by atoms with Gasteiger partial charge in [0.2, 0.25) is 0 Å². The van der Waals surface area contributed by atoms with Crippen LogP contribution >= 0.6 is 0 Å². The van der Waals surface area contributed by atoms with E-state index in [9.17, 15) is 0 Å². The summed E-state index contributed by atoms with van der Waals surface area (Å²) in [6.07, 6.45) is 2.62. The molecular formula is C17H37N3. The molecule has 0 aromatic rings. The molecule has 0 amide bonds. The molecule has 2 atom stereocenters. The Hall–Kier alpha value is -0.120. The zero-order chi connectivity index (χ0) is 15.4. The van der Waals surface area contributed by atoms with Crippen molar-refractivity contribution in [3.63, 3.8) is 0 Å². The summed E-state index contributed by atoms with van der Waals surface area (Å²) in [6.45, 7) is 19.2. The van der Waals surface area contributed by atoms with Crippen LogP contribution in [0.3, 0.4) is 0 Å². The molecule has 1 rings (SSSR count). The molecule has 0 saturated carbocycles. The molecule has 0 spiro atoms. The Bertz CT molecular complexity index is 275. The molecule has 0 bridgehead atoms. The number of nitrogens with one attached hydrogen (secondary N) is 1. The van der Waals surface area contributed by atoms with E-state index in [2.05, 4.69) is 51.8 Å². The van der Waals surface area contributed by atoms with Crippen LogP contribution in [0.1, 0.15) is 54.4 Å². The zero-order valence-electron chi connectivity index (χ0n) is 14.6. The van der Waals surface area contributed by atoms with E-state index in [1.807, 2.05) is 0 Å². The number of piperidine rings is 1. The molecule has 120 valence electrons. The highest BCUT2D eigenvalue weighted by Crippen LogP contribution is 2.30. The zero-order valence-corrected chi connectivity index (χ0v) is 14.6. The van der Waals surface area contributed by atoms with Crippen molar-refractivity contribution in [1.29, 1.82) is 0 Å². The number of nitrogens with zero attached hydrogens (tertiary/aromatic N) is 1. The molecule has 1 aliphatic rings. The van der Waals surface area contributed by atoms with Gasteiger partial charge in [-0.05, 0) is 29.6 Å². The molecule has 0 aromatic heterocycles. The van der Waals surface area contributed by atoms with Crippen molar-refractivity contribution in [2.45, 2.75) is 60.4 Å². The first-order valence-electron chi connectivity index (χ1n) is 8.25. The first-order valence-corrected chi connectivity index (χ1v) is 8.25. The quantitative estimate of drug-likeness (QED) is 0.815. The van der Waals surface area contributed by atoms with E-state index in [4.69, 9.17) is 5.73 Å². The van der Waals surface area contributed by atoms with Crippen LogP contribution in [0, 0.1) is 16.7 Å². The number of likely N-dealkylation sites (tertiary alicyclic amines) is 1. The van der Waals surface area contributed by atoms with Crippen LogP contribution in [0.4, 0.5) is 0 Å². The maximum Gasteiger partial charge on any atom is 0.0198 e. The third-order valence-electron chi connectivity index (χ3n) is 3.88. The van der Waals surface area contributed by atoms with Crippen LogP contribution in [0.2, 0.25) is 0 Å². The van der Waals surface area contributed by atoms with E-state index in [1.165, 1.54) is 19.4 Å². The van der Waals surface area contributed by atoms with E-state index in [1.54, 1.807) is 0 Å². The maximum absolute atomic E-state index is 5.76. The standard InChI is InChI=1S/C17H37N3/c1-16(2,3)10-14-9-15(19-13-17(4,5)6)12-20(11-14)8-7-18/h14-15,19H,7-13,18H2,1-6H3. The van der Waals surface area contributed by atoms with Gasteiger partial charge >= 0.3 is 0 Å². The second-order valence-corrected chi connectivity index (χ2v) is 9.05. The highest BCUT2D eigenvalue weighted by Gasteiger charge is 2.30. The molecule has 0 aliphatic carbocycles. The van der Waals surface area contributed by atoms with Crippen molar-refractivity contribution in [2.24, 2.45) is 22.5 Å². The fourth-order valence-corrected chi connectivity index (χ4v) is 3.28. The lowest BCUT2D eigenvalue weighted by atomic mass is 9.80. The molecule has 1 aliphatic heterocycles. The lowest BCUT2D eigenvalue weighted by Crippen LogP contribution is -2.52. The first kappa shape index (κ1) is 17.9. The van der Waals surface area contributed by atoms with Gasteiger partial charge in [-0.15, -0.1) is 0 Å². The number of hydrogen-bond acceptors (Lipinski definition) is 3. The van der Waals surface area contributed by atoms with Gasteiger partial charge in [-0.25, -0.2) is 0 Å². The smallest absolute Gasteiger partial charge is 0.0198 e. The molecule has 20 heavy (non-hydrogen) atoms. The van der Waals surface area contributed by atoms with Crippen molar-refractivity contribution < 1.29 is 0 Å². The molecule has 3 nitrogen and oxygen atoms in total. The van der Waals surface area contributed by atoms with E-state index in [0.717, 1.165) is 32.1 Å². The van der Waals surface area contributed by atoms with Crippen molar-refractivity contribution in [1.82, 2.24) is 10.2 Å². The van der Waals surface area contributed by atoms with Gasteiger partial charge in [-0.2, -0.15) is 0 Å². The SMILES string of the molecule is CC(C)(C)CNC1CC(CC(C)(C)C)CN(CCN)C1. The Labute approximate surface area is 126 Å². The summed E-state index contributed by atoms with van der Waals surface area (Å²) in [4.78, 5) is 2.56. The van der Waals surface area contributed by atoms with Crippen LogP contribution in [-0.2, 0) is 0 Å². The Morgan fingerprint density at radius 3 is 2.20 bits per heavy atom. The Morgan fingerprint density at radius 1 is 1.05 bits per heavy atom. The first-order chi connectivity index (χ1) is 9.09. The lowest BCUT2D eigenvalue weighted by molar-refractivity contribution is 0.112. The second-order valence-electron chi connectivity index (χ2n) is 9.05. The van der Waals surface area contributed by atoms with Crippen LogP contribution in [0.5, 0.6) is 0 Å². The Balaban J connectivity index is 2.56. The molecule has 3 heteroatoms. The average Bonchev–Trinajstić information content (AvgIpc) is 2.23. The Morgan fingerprint density at radius 2 is 1.70 bits per heavy atom. The van der Waals surface area contributed by atoms with Crippen LogP contribution in [-0.4, -0.2) is 43.7 Å². The average molecular weight is 284 g/mol. The molecule has 0 aromatic carbocycles. The minimum absolute atomic E-state index is 0.357. The van der Waals surface area contributed by atoms with Crippen molar-refractivity contribution in [2.75, 3.05) is 32.7 Å². The molecule has 3 N–H and O–H groups in total. The highest BCUT2D eigenvalue weighted by molar-refractivity contribution is 4.86. The van der Waals surface area contributed by atoms with Crippen LogP contribution < -0.4 is 11.1 Å². The molecular weight excluding hydrogens is 246 g/mol. The molecule has 1 saturated heterocycles. The number of nitrogens with two attached hydrogens (primary N) is 1. The fourth-order valence-electron chi connectivity index (χ4n) is 3.28. The maximum atomic E-state index is 5.76. The van der Waals surface area contributed by atoms with Gasteiger partial charge in [0, 0.05) is 38.8 Å². The lowest BCUT2D eigenvalue weighted by Gasteiger charge is -2.41. The van der Waals surface area contributed by atoms with E-state index in [0.29, 0.717) is 16.9 Å². The van der Waals surface area contributed by atoms with Gasteiger partial charge in [0.05, 0.1) is 0 Å². The minimum atomic E-state index is 0.357. The summed E-state index contributed by atoms with van der Waals surface area (Å²) >= 11 is 0. The predicted octanol–water partition coefficient (Wildman–Crippen LogP) is 2.71. The van der Waals surface area contributed by atoms with E-state index in [-0.39, 0.29) is 0 Å². The summed E-state index contributed by atoms with van der Waals surface area (Å²) in [5, 5.41) is 3.78. The number of hydrogen-bond donors (Lipinski definition) is 2. The van der Waals surface area contributed by atoms with Gasteiger partial charge in [0.25, 0.3) is 0 Å². The van der Waals surface area contributed by atoms with Gasteiger partial charge in [0.15, 0.2) is 0 Å². The largest absolute Gasteiger partial charge is 0.329 e. The molecule has 0 radical (unpaired) electrons. The molecule has 1 heterocycles. The second kappa shape index (κ2) is 7.24. The van der Waals surface area contributed by atoms with Gasteiger partial charge in [-0.3, -0.25) is 0 Å². The molecule has 2 unspecified atom stereocenters. The van der Waals surface area contributed by atoms with Crippen LogP contribution in [0.15, 0.2) is 0 Å². The summed E-state index contributed by atoms with van der Waals surface area (Å²) in [5.41, 5.74) is 6.54. The van der Waals surface area contributed by atoms with Crippen molar-refractivity contribution in [3.8, 4) is 0 Å². The fraction of sp³-hybridized carbons (Fsp3) is 1.00. The topological polar surface area (TPSA) is 41.3 Å². The normalized spacial score (nSPS) is 25.9.